The number of carbonyl (C=O) groups is 2. The first-order chi connectivity index (χ1) is 14.6. The summed E-state index contributed by atoms with van der Waals surface area (Å²) in [7, 11) is -2.61. The van der Waals surface area contributed by atoms with Gasteiger partial charge in [-0.1, -0.05) is 12.1 Å². The minimum Gasteiger partial charge on any atom is -0.497 e. The minimum absolute atomic E-state index is 0.0976. The Labute approximate surface area is 180 Å². The molecule has 1 amide bonds. The molecule has 3 rings (SSSR count). The van der Waals surface area contributed by atoms with E-state index in [0.29, 0.717) is 29.3 Å². The standard InChI is InChI=1S/C21H24N2O7S/c1-13-12-23(14(2)24)19-10-17(8-9-20(19)30-13)31(27,28)22-18(11-21(25)26)15-4-6-16(29-3)7-5-15/h4-10,13,18,22H,11-12H2,1-3H3,(H,25,26)/t13-,18+/m1/s1. The van der Waals surface area contributed by atoms with Gasteiger partial charge in [-0.15, -0.1) is 0 Å². The third-order valence-electron chi connectivity index (χ3n) is 4.87. The molecule has 9 nitrogen and oxygen atoms in total. The Bertz CT molecular complexity index is 1080. The van der Waals surface area contributed by atoms with Gasteiger partial charge in [0.1, 0.15) is 17.6 Å². The van der Waals surface area contributed by atoms with E-state index in [2.05, 4.69) is 4.72 Å². The number of anilines is 1. The van der Waals surface area contributed by atoms with E-state index in [9.17, 15) is 23.1 Å². The van der Waals surface area contributed by atoms with Crippen molar-refractivity contribution >= 4 is 27.6 Å². The molecule has 0 aromatic heterocycles. The maximum atomic E-state index is 13.1. The van der Waals surface area contributed by atoms with E-state index in [1.807, 2.05) is 6.92 Å². The molecule has 0 aliphatic carbocycles. The number of sulfonamides is 1. The Kier molecular flexibility index (Phi) is 6.51. The summed E-state index contributed by atoms with van der Waals surface area (Å²) in [6.45, 7) is 3.51. The monoisotopic (exact) mass is 448 g/mol. The lowest BCUT2D eigenvalue weighted by Crippen LogP contribution is -2.41. The smallest absolute Gasteiger partial charge is 0.305 e. The van der Waals surface area contributed by atoms with Crippen LogP contribution in [-0.2, 0) is 19.6 Å². The molecule has 2 aromatic rings. The first kappa shape index (κ1) is 22.6. The van der Waals surface area contributed by atoms with E-state index in [0.717, 1.165) is 0 Å². The molecule has 1 aliphatic rings. The van der Waals surface area contributed by atoms with Gasteiger partial charge in [-0.3, -0.25) is 9.59 Å². The number of benzene rings is 2. The molecule has 2 atom stereocenters. The summed E-state index contributed by atoms with van der Waals surface area (Å²) in [5.41, 5.74) is 0.833. The Balaban J connectivity index is 1.94. The van der Waals surface area contributed by atoms with Crippen LogP contribution in [0.25, 0.3) is 0 Å². The summed E-state index contributed by atoms with van der Waals surface area (Å²) < 4.78 is 39.4. The lowest BCUT2D eigenvalue weighted by Gasteiger charge is -2.33. The van der Waals surface area contributed by atoms with Crippen LogP contribution in [0.2, 0.25) is 0 Å². The number of ether oxygens (including phenoxy) is 2. The summed E-state index contributed by atoms with van der Waals surface area (Å²) >= 11 is 0. The highest BCUT2D eigenvalue weighted by Crippen LogP contribution is 2.36. The van der Waals surface area contributed by atoms with Gasteiger partial charge in [-0.05, 0) is 42.8 Å². The number of carboxylic acids is 1. The summed E-state index contributed by atoms with van der Waals surface area (Å²) in [5.74, 6) is -0.418. The number of nitrogens with zero attached hydrogens (tertiary/aromatic N) is 1. The SMILES string of the molecule is COc1ccc([C@H](CC(=O)O)NS(=O)(=O)c2ccc3c(c2)N(C(C)=O)C[C@@H](C)O3)cc1. The van der Waals surface area contributed by atoms with Gasteiger partial charge in [0.05, 0.1) is 36.7 Å². The lowest BCUT2D eigenvalue weighted by atomic mass is 10.0. The first-order valence-corrected chi connectivity index (χ1v) is 11.1. The maximum Gasteiger partial charge on any atom is 0.305 e. The molecule has 1 heterocycles. The van der Waals surface area contributed by atoms with Gasteiger partial charge in [0.15, 0.2) is 0 Å². The number of carbonyl (C=O) groups excluding carboxylic acids is 1. The van der Waals surface area contributed by atoms with Crippen molar-refractivity contribution in [3.05, 3.63) is 48.0 Å². The van der Waals surface area contributed by atoms with Gasteiger partial charge >= 0.3 is 5.97 Å². The Morgan fingerprint density at radius 1 is 1.26 bits per heavy atom. The number of methoxy groups -OCH3 is 1. The first-order valence-electron chi connectivity index (χ1n) is 9.57. The number of aliphatic carboxylic acids is 1. The topological polar surface area (TPSA) is 122 Å². The Hall–Kier alpha value is -3.11. The minimum atomic E-state index is -4.10. The van der Waals surface area contributed by atoms with E-state index in [1.165, 1.54) is 37.1 Å². The van der Waals surface area contributed by atoms with E-state index >= 15 is 0 Å². The number of nitrogens with one attached hydrogen (secondary N) is 1. The largest absolute Gasteiger partial charge is 0.497 e. The zero-order valence-electron chi connectivity index (χ0n) is 17.4. The second kappa shape index (κ2) is 8.94. The Morgan fingerprint density at radius 2 is 1.94 bits per heavy atom. The molecule has 2 N–H and O–H groups in total. The highest BCUT2D eigenvalue weighted by Gasteiger charge is 2.29. The number of hydrogen-bond acceptors (Lipinski definition) is 6. The lowest BCUT2D eigenvalue weighted by molar-refractivity contribution is -0.137. The van der Waals surface area contributed by atoms with Crippen LogP contribution in [0.1, 0.15) is 31.9 Å². The molecule has 31 heavy (non-hydrogen) atoms. The fourth-order valence-electron chi connectivity index (χ4n) is 3.38. The molecule has 0 unspecified atom stereocenters. The molecular formula is C21H24N2O7S. The van der Waals surface area contributed by atoms with Crippen LogP contribution in [-0.4, -0.2) is 45.2 Å². The van der Waals surface area contributed by atoms with Gasteiger partial charge in [-0.2, -0.15) is 0 Å². The predicted octanol–water partition coefficient (Wildman–Crippen LogP) is 2.32. The Morgan fingerprint density at radius 3 is 2.52 bits per heavy atom. The quantitative estimate of drug-likeness (QED) is 0.666. The zero-order chi connectivity index (χ0) is 22.8. The van der Waals surface area contributed by atoms with Crippen molar-refractivity contribution in [2.24, 2.45) is 0 Å². The second-order valence-corrected chi connectivity index (χ2v) is 8.95. The molecule has 166 valence electrons. The highest BCUT2D eigenvalue weighted by atomic mass is 32.2. The highest BCUT2D eigenvalue weighted by molar-refractivity contribution is 7.89. The van der Waals surface area contributed by atoms with Gasteiger partial charge in [0.2, 0.25) is 15.9 Å². The van der Waals surface area contributed by atoms with E-state index < -0.39 is 28.5 Å². The average Bonchev–Trinajstić information content (AvgIpc) is 2.71. The van der Waals surface area contributed by atoms with E-state index in [-0.39, 0.29) is 16.9 Å². The van der Waals surface area contributed by atoms with Crippen LogP contribution in [0, 0.1) is 0 Å². The maximum absolute atomic E-state index is 13.1. The van der Waals surface area contributed by atoms with Crippen LogP contribution >= 0.6 is 0 Å². The van der Waals surface area contributed by atoms with Crippen molar-refractivity contribution in [1.82, 2.24) is 4.72 Å². The van der Waals surface area contributed by atoms with Crippen LogP contribution in [0.15, 0.2) is 47.4 Å². The number of rotatable bonds is 7. The summed E-state index contributed by atoms with van der Waals surface area (Å²) in [4.78, 5) is 24.7. The van der Waals surface area contributed by atoms with Gasteiger partial charge < -0.3 is 19.5 Å². The van der Waals surface area contributed by atoms with Crippen molar-refractivity contribution in [3.8, 4) is 11.5 Å². The van der Waals surface area contributed by atoms with Crippen LogP contribution in [0.3, 0.4) is 0 Å². The van der Waals surface area contributed by atoms with Crippen molar-refractivity contribution < 1.29 is 32.6 Å². The van der Waals surface area contributed by atoms with Gasteiger partial charge in [-0.25, -0.2) is 13.1 Å². The number of carboxylic acid groups (broad SMARTS) is 1. The molecule has 2 aromatic carbocycles. The van der Waals surface area contributed by atoms with Crippen molar-refractivity contribution in [2.75, 3.05) is 18.6 Å². The third kappa shape index (κ3) is 5.15. The number of fused-ring (bicyclic) bond motifs is 1. The molecule has 0 saturated carbocycles. The fraction of sp³-hybridized carbons (Fsp3) is 0.333. The van der Waals surface area contributed by atoms with Crippen molar-refractivity contribution in [1.29, 1.82) is 0 Å². The van der Waals surface area contributed by atoms with Crippen LogP contribution in [0.5, 0.6) is 11.5 Å². The number of hydrogen-bond donors (Lipinski definition) is 2. The molecule has 0 bridgehead atoms. The van der Waals surface area contributed by atoms with Gasteiger partial charge in [0.25, 0.3) is 0 Å². The van der Waals surface area contributed by atoms with E-state index in [1.54, 1.807) is 24.3 Å². The molecule has 10 heteroatoms. The van der Waals surface area contributed by atoms with Crippen molar-refractivity contribution in [3.63, 3.8) is 0 Å². The third-order valence-corrected chi connectivity index (χ3v) is 6.34. The average molecular weight is 448 g/mol. The van der Waals surface area contributed by atoms with Crippen molar-refractivity contribution in [2.45, 2.75) is 37.3 Å². The predicted molar refractivity (Wildman–Crippen MR) is 113 cm³/mol. The normalized spacial score (nSPS) is 16.7. The molecule has 0 spiro atoms. The van der Waals surface area contributed by atoms with Crippen LogP contribution in [0.4, 0.5) is 5.69 Å². The van der Waals surface area contributed by atoms with Gasteiger partial charge in [0, 0.05) is 6.92 Å². The number of amides is 1. The molecule has 0 saturated heterocycles. The molecule has 0 radical (unpaired) electrons. The molecule has 0 fully saturated rings. The van der Waals surface area contributed by atoms with E-state index in [4.69, 9.17) is 9.47 Å². The summed E-state index contributed by atoms with van der Waals surface area (Å²) in [6.07, 6.45) is -0.677. The second-order valence-electron chi connectivity index (χ2n) is 7.23. The summed E-state index contributed by atoms with van der Waals surface area (Å²) in [6, 6.07) is 9.68. The zero-order valence-corrected chi connectivity index (χ0v) is 18.2. The molecular weight excluding hydrogens is 424 g/mol. The molecule has 1 aliphatic heterocycles. The fourth-order valence-corrected chi connectivity index (χ4v) is 4.62. The van der Waals surface area contributed by atoms with Crippen LogP contribution < -0.4 is 19.1 Å². The summed E-state index contributed by atoms with van der Waals surface area (Å²) in [5, 5.41) is 9.27.